The second kappa shape index (κ2) is 6.12. The molecule has 1 amide bonds. The van der Waals surface area contributed by atoms with Crippen molar-refractivity contribution >= 4 is 23.1 Å². The maximum atomic E-state index is 11.8. The largest absolute Gasteiger partial charge is 0.389 e. The maximum Gasteiger partial charge on any atom is 0.257 e. The van der Waals surface area contributed by atoms with Crippen molar-refractivity contribution < 1.29 is 4.79 Å². The predicted molar refractivity (Wildman–Crippen MR) is 80.6 cm³/mol. The van der Waals surface area contributed by atoms with Crippen LogP contribution in [0.5, 0.6) is 0 Å². The summed E-state index contributed by atoms with van der Waals surface area (Å²) >= 11 is 4.86. The smallest absolute Gasteiger partial charge is 0.257 e. The van der Waals surface area contributed by atoms with E-state index in [0.717, 1.165) is 11.1 Å². The Hall–Kier alpha value is -2.47. The highest BCUT2D eigenvalue weighted by Gasteiger charge is 2.08. The van der Waals surface area contributed by atoms with Crippen LogP contribution >= 0.6 is 12.2 Å². The number of carbonyl (C=O) groups is 1. The lowest BCUT2D eigenvalue weighted by Gasteiger charge is -2.05. The van der Waals surface area contributed by atoms with E-state index >= 15 is 0 Å². The van der Waals surface area contributed by atoms with Gasteiger partial charge < -0.3 is 16.0 Å². The Morgan fingerprint density at radius 3 is 2.55 bits per heavy atom. The Balaban J connectivity index is 2.02. The molecule has 0 unspecified atom stereocenters. The number of hydrogen-bond donors (Lipinski definition) is 3. The number of H-pyrrole nitrogens is 1. The second-order valence-electron chi connectivity index (χ2n) is 4.17. The number of nitrogens with one attached hydrogen (secondary N) is 2. The lowest BCUT2D eigenvalue weighted by molar-refractivity contribution is 0.0949. The summed E-state index contributed by atoms with van der Waals surface area (Å²) in [7, 11) is 0. The fraction of sp³-hybridized carbons (Fsp3) is 0.0714. The molecule has 1 aromatic carbocycles. The first-order chi connectivity index (χ1) is 9.58. The molecule has 4 N–H and O–H groups in total. The zero-order valence-corrected chi connectivity index (χ0v) is 11.4. The molecule has 0 aliphatic rings. The van der Waals surface area contributed by atoms with Gasteiger partial charge in [-0.1, -0.05) is 36.5 Å². The third-order valence-corrected chi connectivity index (χ3v) is 3.00. The first-order valence-corrected chi connectivity index (χ1v) is 6.33. The molecule has 0 aliphatic heterocycles. The molecule has 0 saturated carbocycles. The van der Waals surface area contributed by atoms with Crippen LogP contribution < -0.4 is 16.5 Å². The Kier molecular flexibility index (Phi) is 4.27. The average Bonchev–Trinajstić information content (AvgIpc) is 2.45. The van der Waals surface area contributed by atoms with E-state index < -0.39 is 5.91 Å². The zero-order chi connectivity index (χ0) is 14.5. The van der Waals surface area contributed by atoms with Gasteiger partial charge in [-0.15, -0.1) is 0 Å². The zero-order valence-electron chi connectivity index (χ0n) is 10.6. The van der Waals surface area contributed by atoms with E-state index in [1.54, 1.807) is 12.1 Å². The quantitative estimate of drug-likeness (QED) is 0.730. The second-order valence-corrected chi connectivity index (χ2v) is 4.61. The number of aromatic amines is 1. The van der Waals surface area contributed by atoms with Crippen LogP contribution in [0, 0.1) is 0 Å². The summed E-state index contributed by atoms with van der Waals surface area (Å²) < 4.78 is 0. The van der Waals surface area contributed by atoms with E-state index in [-0.39, 0.29) is 11.0 Å². The highest BCUT2D eigenvalue weighted by Crippen LogP contribution is 2.04. The van der Waals surface area contributed by atoms with Crippen molar-refractivity contribution in [2.45, 2.75) is 6.54 Å². The molecule has 6 heteroatoms. The molecule has 2 aromatic rings. The minimum Gasteiger partial charge on any atom is -0.389 e. The molecule has 0 saturated heterocycles. The SMILES string of the molecule is NC(=S)c1ccc(CNC(=O)c2c[nH]ccc2=O)cc1. The molecule has 0 aliphatic carbocycles. The van der Waals surface area contributed by atoms with E-state index in [2.05, 4.69) is 10.3 Å². The highest BCUT2D eigenvalue weighted by molar-refractivity contribution is 7.80. The van der Waals surface area contributed by atoms with Crippen LogP contribution in [0.2, 0.25) is 0 Å². The molecular formula is C14H13N3O2S. The van der Waals surface area contributed by atoms with Crippen molar-refractivity contribution in [2.24, 2.45) is 5.73 Å². The van der Waals surface area contributed by atoms with Gasteiger partial charge in [0.05, 0.1) is 0 Å². The van der Waals surface area contributed by atoms with Gasteiger partial charge >= 0.3 is 0 Å². The van der Waals surface area contributed by atoms with Gasteiger partial charge in [0.1, 0.15) is 10.6 Å². The summed E-state index contributed by atoms with van der Waals surface area (Å²) in [6.45, 7) is 0.324. The van der Waals surface area contributed by atoms with Crippen molar-refractivity contribution in [3.05, 3.63) is 69.6 Å². The summed E-state index contributed by atoms with van der Waals surface area (Å²) in [6, 6.07) is 8.54. The number of benzene rings is 1. The van der Waals surface area contributed by atoms with Gasteiger partial charge in [0, 0.05) is 30.6 Å². The van der Waals surface area contributed by atoms with E-state index in [4.69, 9.17) is 18.0 Å². The summed E-state index contributed by atoms with van der Waals surface area (Å²) in [6.07, 6.45) is 2.86. The van der Waals surface area contributed by atoms with Gasteiger partial charge in [-0.2, -0.15) is 0 Å². The number of nitrogens with two attached hydrogens (primary N) is 1. The minimum atomic E-state index is -0.412. The van der Waals surface area contributed by atoms with Gasteiger partial charge in [0.2, 0.25) is 0 Å². The first-order valence-electron chi connectivity index (χ1n) is 5.92. The van der Waals surface area contributed by atoms with Crippen molar-refractivity contribution in [2.75, 3.05) is 0 Å². The van der Waals surface area contributed by atoms with Gasteiger partial charge in [0.15, 0.2) is 5.43 Å². The summed E-state index contributed by atoms with van der Waals surface area (Å²) in [4.78, 5) is 26.4. The lowest BCUT2D eigenvalue weighted by atomic mass is 10.1. The third-order valence-electron chi connectivity index (χ3n) is 2.76. The number of amides is 1. The number of thiocarbonyl (C=S) groups is 1. The Morgan fingerprint density at radius 2 is 1.95 bits per heavy atom. The van der Waals surface area contributed by atoms with E-state index in [1.165, 1.54) is 18.5 Å². The molecule has 5 nitrogen and oxygen atoms in total. The summed E-state index contributed by atoms with van der Waals surface area (Å²) in [5.41, 5.74) is 6.94. The van der Waals surface area contributed by atoms with Gasteiger partial charge in [-0.3, -0.25) is 9.59 Å². The van der Waals surface area contributed by atoms with Crippen molar-refractivity contribution in [1.82, 2.24) is 10.3 Å². The molecule has 0 atom stereocenters. The van der Waals surface area contributed by atoms with Crippen molar-refractivity contribution in [1.29, 1.82) is 0 Å². The number of hydrogen-bond acceptors (Lipinski definition) is 3. The van der Waals surface area contributed by atoms with Crippen LogP contribution in [0.15, 0.2) is 47.5 Å². The standard InChI is InChI=1S/C14H13N3O2S/c15-13(20)10-3-1-9(2-4-10)7-17-14(19)11-8-16-6-5-12(11)18/h1-6,8H,7H2,(H2,15,20)(H,16,18)(H,17,19). The molecule has 0 radical (unpaired) electrons. The predicted octanol–water partition coefficient (Wildman–Crippen LogP) is 0.939. The highest BCUT2D eigenvalue weighted by atomic mass is 32.1. The Bertz CT molecular complexity index is 692. The number of rotatable bonds is 4. The fourth-order valence-electron chi connectivity index (χ4n) is 1.66. The molecule has 1 heterocycles. The number of aromatic nitrogens is 1. The van der Waals surface area contributed by atoms with E-state index in [1.807, 2.05) is 12.1 Å². The van der Waals surface area contributed by atoms with E-state index in [9.17, 15) is 9.59 Å². The molecule has 0 spiro atoms. The van der Waals surface area contributed by atoms with Gasteiger partial charge in [-0.25, -0.2) is 0 Å². The van der Waals surface area contributed by atoms with Crippen molar-refractivity contribution in [3.8, 4) is 0 Å². The molecule has 0 fully saturated rings. The Morgan fingerprint density at radius 1 is 1.25 bits per heavy atom. The number of pyridine rings is 1. The monoisotopic (exact) mass is 287 g/mol. The van der Waals surface area contributed by atoms with Gasteiger partial charge in [-0.05, 0) is 5.56 Å². The average molecular weight is 287 g/mol. The minimum absolute atomic E-state index is 0.0901. The molecule has 2 rings (SSSR count). The van der Waals surface area contributed by atoms with E-state index in [0.29, 0.717) is 11.5 Å². The van der Waals surface area contributed by atoms with Crippen LogP contribution in [-0.4, -0.2) is 15.9 Å². The maximum absolute atomic E-state index is 11.8. The van der Waals surface area contributed by atoms with Crippen molar-refractivity contribution in [3.63, 3.8) is 0 Å². The van der Waals surface area contributed by atoms with Crippen LogP contribution in [0.1, 0.15) is 21.5 Å². The normalized spacial score (nSPS) is 10.0. The Labute approximate surface area is 120 Å². The summed E-state index contributed by atoms with van der Waals surface area (Å²) in [5, 5.41) is 2.68. The van der Waals surface area contributed by atoms with Crippen LogP contribution in [0.3, 0.4) is 0 Å². The fourth-order valence-corrected chi connectivity index (χ4v) is 1.79. The molecule has 1 aromatic heterocycles. The molecule has 102 valence electrons. The molecule has 0 bridgehead atoms. The third kappa shape index (κ3) is 3.30. The summed E-state index contributed by atoms with van der Waals surface area (Å²) in [5.74, 6) is -0.412. The lowest BCUT2D eigenvalue weighted by Crippen LogP contribution is -2.28. The van der Waals surface area contributed by atoms with Crippen LogP contribution in [-0.2, 0) is 6.54 Å². The van der Waals surface area contributed by atoms with Gasteiger partial charge in [0.25, 0.3) is 5.91 Å². The van der Waals surface area contributed by atoms with Crippen LogP contribution in [0.4, 0.5) is 0 Å². The topological polar surface area (TPSA) is 88.0 Å². The molecular weight excluding hydrogens is 274 g/mol. The van der Waals surface area contributed by atoms with Crippen LogP contribution in [0.25, 0.3) is 0 Å². The first kappa shape index (κ1) is 14.0. The number of carbonyl (C=O) groups excluding carboxylic acids is 1. The molecule has 20 heavy (non-hydrogen) atoms.